The van der Waals surface area contributed by atoms with Crippen LogP contribution in [0.25, 0.3) is 22.1 Å². The van der Waals surface area contributed by atoms with Crippen LogP contribution in [0.15, 0.2) is 51.9 Å². The minimum atomic E-state index is -3.05. The van der Waals surface area contributed by atoms with Crippen LogP contribution < -0.4 is 14.9 Å². The molecular formula is C17H12F2O5. The smallest absolute Gasteiger partial charge is 0.387 e. The Morgan fingerprint density at radius 1 is 1.12 bits per heavy atom. The second kappa shape index (κ2) is 6.19. The molecule has 0 fully saturated rings. The van der Waals surface area contributed by atoms with E-state index >= 15 is 0 Å². The van der Waals surface area contributed by atoms with Gasteiger partial charge in [0.25, 0.3) is 0 Å². The maximum atomic E-state index is 12.6. The molecule has 124 valence electrons. The summed E-state index contributed by atoms with van der Waals surface area (Å²) in [5.74, 6) is -0.164. The van der Waals surface area contributed by atoms with E-state index in [-0.39, 0.29) is 22.3 Å². The van der Waals surface area contributed by atoms with E-state index in [1.165, 1.54) is 13.4 Å². The normalized spacial score (nSPS) is 11.0. The first kappa shape index (κ1) is 15.8. The van der Waals surface area contributed by atoms with Crippen molar-refractivity contribution in [3.8, 4) is 28.4 Å². The van der Waals surface area contributed by atoms with Crippen LogP contribution in [0.3, 0.4) is 0 Å². The third-order valence-corrected chi connectivity index (χ3v) is 3.46. The topological polar surface area (TPSA) is 68.9 Å². The molecule has 3 aromatic rings. The van der Waals surface area contributed by atoms with Crippen LogP contribution in [0, 0.1) is 0 Å². The van der Waals surface area contributed by atoms with Gasteiger partial charge in [0, 0.05) is 12.1 Å². The van der Waals surface area contributed by atoms with Gasteiger partial charge in [-0.05, 0) is 17.7 Å². The van der Waals surface area contributed by atoms with E-state index in [0.717, 1.165) is 12.1 Å². The van der Waals surface area contributed by atoms with E-state index in [1.54, 1.807) is 24.3 Å². The van der Waals surface area contributed by atoms with E-state index in [9.17, 15) is 18.7 Å². The summed E-state index contributed by atoms with van der Waals surface area (Å²) in [7, 11) is 1.52. The van der Waals surface area contributed by atoms with Crippen LogP contribution in [0.4, 0.5) is 8.78 Å². The molecule has 1 N–H and O–H groups in total. The molecule has 24 heavy (non-hydrogen) atoms. The first-order valence-corrected chi connectivity index (χ1v) is 6.87. The number of aromatic hydroxyl groups is 1. The zero-order chi connectivity index (χ0) is 17.3. The summed E-state index contributed by atoms with van der Waals surface area (Å²) >= 11 is 0. The fourth-order valence-electron chi connectivity index (χ4n) is 2.35. The maximum Gasteiger partial charge on any atom is 0.387 e. The number of phenolic OH excluding ortho intramolecular Hbond substituents is 1. The fraction of sp³-hybridized carbons (Fsp3) is 0.118. The Morgan fingerprint density at radius 3 is 2.46 bits per heavy atom. The van der Waals surface area contributed by atoms with Crippen molar-refractivity contribution in [1.82, 2.24) is 0 Å². The Kier molecular flexibility index (Phi) is 4.07. The van der Waals surface area contributed by atoms with Crippen LogP contribution in [0.2, 0.25) is 0 Å². The molecule has 0 saturated heterocycles. The molecule has 2 aromatic carbocycles. The minimum Gasteiger partial charge on any atom is -0.507 e. The van der Waals surface area contributed by atoms with Gasteiger partial charge in [0.15, 0.2) is 0 Å². The molecule has 5 nitrogen and oxygen atoms in total. The largest absolute Gasteiger partial charge is 0.507 e. The summed E-state index contributed by atoms with van der Waals surface area (Å²) in [6, 6.07) is 8.77. The zero-order valence-electron chi connectivity index (χ0n) is 12.5. The van der Waals surface area contributed by atoms with Gasteiger partial charge in [-0.15, -0.1) is 0 Å². The molecule has 0 unspecified atom stereocenters. The van der Waals surface area contributed by atoms with Crippen molar-refractivity contribution in [3.05, 3.63) is 52.9 Å². The first-order chi connectivity index (χ1) is 11.5. The molecule has 3 rings (SSSR count). The predicted octanol–water partition coefficient (Wildman–Crippen LogP) is 3.78. The molecule has 0 aliphatic carbocycles. The number of rotatable bonds is 4. The summed E-state index contributed by atoms with van der Waals surface area (Å²) in [6.45, 7) is -3.05. The van der Waals surface area contributed by atoms with Gasteiger partial charge in [0.05, 0.1) is 12.7 Å². The molecule has 0 amide bonds. The molecule has 0 spiro atoms. The van der Waals surface area contributed by atoms with Gasteiger partial charge in [0.1, 0.15) is 34.5 Å². The number of halogens is 2. The van der Waals surface area contributed by atoms with Crippen molar-refractivity contribution >= 4 is 11.0 Å². The molecule has 0 aliphatic heterocycles. The van der Waals surface area contributed by atoms with Gasteiger partial charge < -0.3 is 19.0 Å². The molecule has 1 heterocycles. The van der Waals surface area contributed by atoms with Crippen molar-refractivity contribution in [2.45, 2.75) is 6.61 Å². The maximum absolute atomic E-state index is 12.6. The predicted molar refractivity (Wildman–Crippen MR) is 82.8 cm³/mol. The average Bonchev–Trinajstić information content (AvgIpc) is 2.54. The van der Waals surface area contributed by atoms with Gasteiger partial charge in [-0.3, -0.25) is 4.79 Å². The van der Waals surface area contributed by atoms with Crippen LogP contribution in [-0.4, -0.2) is 18.8 Å². The van der Waals surface area contributed by atoms with Crippen molar-refractivity contribution in [1.29, 1.82) is 0 Å². The van der Waals surface area contributed by atoms with Crippen LogP contribution in [0.1, 0.15) is 0 Å². The number of fused-ring (bicyclic) bond motifs is 1. The highest BCUT2D eigenvalue weighted by molar-refractivity contribution is 5.88. The van der Waals surface area contributed by atoms with Crippen molar-refractivity contribution in [2.24, 2.45) is 0 Å². The van der Waals surface area contributed by atoms with Gasteiger partial charge in [-0.25, -0.2) is 0 Å². The van der Waals surface area contributed by atoms with E-state index in [0.29, 0.717) is 11.3 Å². The van der Waals surface area contributed by atoms with Crippen molar-refractivity contribution < 1.29 is 27.8 Å². The van der Waals surface area contributed by atoms with E-state index in [2.05, 4.69) is 4.74 Å². The van der Waals surface area contributed by atoms with Gasteiger partial charge in [-0.2, -0.15) is 8.78 Å². The number of methoxy groups -OCH3 is 1. The summed E-state index contributed by atoms with van der Waals surface area (Å²) in [5.41, 5.74) is 0.261. The first-order valence-electron chi connectivity index (χ1n) is 6.87. The number of benzene rings is 2. The molecule has 7 heteroatoms. The SMILES string of the molecule is COc1ccc(-c2coc3cc(OC(F)F)cc(O)c3c2=O)cc1. The second-order valence-corrected chi connectivity index (χ2v) is 4.90. The van der Waals surface area contributed by atoms with Crippen molar-refractivity contribution in [3.63, 3.8) is 0 Å². The number of hydrogen-bond donors (Lipinski definition) is 1. The van der Waals surface area contributed by atoms with Gasteiger partial charge in [0.2, 0.25) is 5.43 Å². The molecule has 0 bridgehead atoms. The molecule has 0 atom stereocenters. The number of phenols is 1. The van der Waals surface area contributed by atoms with E-state index < -0.39 is 17.8 Å². The van der Waals surface area contributed by atoms with Crippen LogP contribution >= 0.6 is 0 Å². The summed E-state index contributed by atoms with van der Waals surface area (Å²) in [5, 5.41) is 9.89. The molecular weight excluding hydrogens is 322 g/mol. The lowest BCUT2D eigenvalue weighted by Gasteiger charge is -2.08. The summed E-state index contributed by atoms with van der Waals surface area (Å²) < 4.78 is 39.1. The standard InChI is InChI=1S/C17H12F2O5/c1-22-10-4-2-9(3-5-10)12-8-23-14-7-11(24-17(18)19)6-13(20)15(14)16(12)21/h2-8,17,20H,1H3. The lowest BCUT2D eigenvalue weighted by molar-refractivity contribution is -0.0498. The average molecular weight is 334 g/mol. The van der Waals surface area contributed by atoms with E-state index in [1.807, 2.05) is 0 Å². The Balaban J connectivity index is 2.13. The number of alkyl halides is 2. The molecule has 0 saturated carbocycles. The molecule has 1 aromatic heterocycles. The second-order valence-electron chi connectivity index (χ2n) is 4.90. The highest BCUT2D eigenvalue weighted by Crippen LogP contribution is 2.31. The Hall–Kier alpha value is -3.09. The van der Waals surface area contributed by atoms with Crippen LogP contribution in [0.5, 0.6) is 17.2 Å². The minimum absolute atomic E-state index is 0.0482. The molecule has 0 radical (unpaired) electrons. The Morgan fingerprint density at radius 2 is 1.83 bits per heavy atom. The highest BCUT2D eigenvalue weighted by Gasteiger charge is 2.16. The third-order valence-electron chi connectivity index (χ3n) is 3.46. The molecule has 0 aliphatic rings. The monoisotopic (exact) mass is 334 g/mol. The lowest BCUT2D eigenvalue weighted by Crippen LogP contribution is -2.06. The summed E-state index contributed by atoms with van der Waals surface area (Å²) in [6.07, 6.45) is 1.21. The van der Waals surface area contributed by atoms with Crippen LogP contribution in [-0.2, 0) is 0 Å². The fourth-order valence-corrected chi connectivity index (χ4v) is 2.35. The van der Waals surface area contributed by atoms with E-state index in [4.69, 9.17) is 9.15 Å². The number of hydrogen-bond acceptors (Lipinski definition) is 5. The number of ether oxygens (including phenoxy) is 2. The Bertz CT molecular complexity index is 932. The zero-order valence-corrected chi connectivity index (χ0v) is 12.5. The summed E-state index contributed by atoms with van der Waals surface area (Å²) in [4.78, 5) is 12.6. The highest BCUT2D eigenvalue weighted by atomic mass is 19.3. The Labute approximate surface area is 134 Å². The van der Waals surface area contributed by atoms with Crippen molar-refractivity contribution in [2.75, 3.05) is 7.11 Å². The quantitative estimate of drug-likeness (QED) is 0.786. The third kappa shape index (κ3) is 2.88. The van der Waals surface area contributed by atoms with Gasteiger partial charge >= 0.3 is 6.61 Å². The lowest BCUT2D eigenvalue weighted by atomic mass is 10.0. The van der Waals surface area contributed by atoms with Gasteiger partial charge in [-0.1, -0.05) is 12.1 Å².